The van der Waals surface area contributed by atoms with Gasteiger partial charge in [0.1, 0.15) is 5.82 Å². The minimum absolute atomic E-state index is 0.0263. The second kappa shape index (κ2) is 4.61. The number of sulfonamides is 1. The Hall–Kier alpha value is -1.43. The fourth-order valence-corrected chi connectivity index (χ4v) is 1.76. The molecule has 1 aromatic rings. The van der Waals surface area contributed by atoms with Crippen LogP contribution >= 0.6 is 0 Å². The Balaban J connectivity index is 3.05. The van der Waals surface area contributed by atoms with E-state index < -0.39 is 15.8 Å². The van der Waals surface area contributed by atoms with Gasteiger partial charge in [-0.15, -0.1) is 0 Å². The Morgan fingerprint density at radius 2 is 2.06 bits per heavy atom. The van der Waals surface area contributed by atoms with Crippen molar-refractivity contribution < 1.29 is 17.6 Å². The number of carbonyl (C=O) groups is 1. The van der Waals surface area contributed by atoms with Crippen LogP contribution in [0.1, 0.15) is 23.7 Å². The van der Waals surface area contributed by atoms with Crippen molar-refractivity contribution in [1.29, 1.82) is 0 Å². The first kappa shape index (κ1) is 12.6. The van der Waals surface area contributed by atoms with E-state index in [-0.39, 0.29) is 23.5 Å². The average molecular weight is 245 g/mol. The molecule has 0 unspecified atom stereocenters. The molecule has 0 aliphatic rings. The first-order valence-corrected chi connectivity index (χ1v) is 6.53. The monoisotopic (exact) mass is 245 g/mol. The van der Waals surface area contributed by atoms with Crippen LogP contribution in [0.3, 0.4) is 0 Å². The van der Waals surface area contributed by atoms with E-state index in [4.69, 9.17) is 0 Å². The van der Waals surface area contributed by atoms with Gasteiger partial charge in [0, 0.05) is 6.42 Å². The summed E-state index contributed by atoms with van der Waals surface area (Å²) in [6.07, 6.45) is 1.17. The number of benzene rings is 1. The highest BCUT2D eigenvalue weighted by Crippen LogP contribution is 2.16. The summed E-state index contributed by atoms with van der Waals surface area (Å²) in [6.45, 7) is 1.63. The minimum Gasteiger partial charge on any atom is -0.294 e. The van der Waals surface area contributed by atoms with Gasteiger partial charge >= 0.3 is 0 Å². The summed E-state index contributed by atoms with van der Waals surface area (Å²) in [5.74, 6) is -1.04. The standard InChI is InChI=1S/C10H12FNO3S/c1-3-10(13)8-5-4-7(6-9(8)11)12-16(2,14)15/h4-6,12H,3H2,1-2H3. The number of anilines is 1. The molecule has 0 radical (unpaired) electrons. The second-order valence-corrected chi connectivity index (χ2v) is 5.09. The van der Waals surface area contributed by atoms with Crippen molar-refractivity contribution in [1.82, 2.24) is 0 Å². The summed E-state index contributed by atoms with van der Waals surface area (Å²) < 4.78 is 37.3. The molecular formula is C10H12FNO3S. The second-order valence-electron chi connectivity index (χ2n) is 3.35. The van der Waals surface area contributed by atoms with Gasteiger partial charge < -0.3 is 0 Å². The van der Waals surface area contributed by atoms with Crippen molar-refractivity contribution in [3.8, 4) is 0 Å². The number of hydrogen-bond donors (Lipinski definition) is 1. The van der Waals surface area contributed by atoms with Crippen LogP contribution in [0.15, 0.2) is 18.2 Å². The van der Waals surface area contributed by atoms with Crippen LogP contribution in [0, 0.1) is 5.82 Å². The predicted molar refractivity (Wildman–Crippen MR) is 59.5 cm³/mol. The fraction of sp³-hybridized carbons (Fsp3) is 0.300. The molecule has 1 rings (SSSR count). The molecule has 88 valence electrons. The predicted octanol–water partition coefficient (Wildman–Crippen LogP) is 1.79. The van der Waals surface area contributed by atoms with Crippen LogP contribution < -0.4 is 4.72 Å². The molecule has 0 aliphatic carbocycles. The smallest absolute Gasteiger partial charge is 0.229 e. The van der Waals surface area contributed by atoms with Gasteiger partial charge in [-0.1, -0.05) is 6.92 Å². The third kappa shape index (κ3) is 3.30. The van der Waals surface area contributed by atoms with Gasteiger partial charge in [-0.2, -0.15) is 0 Å². The highest BCUT2D eigenvalue weighted by Gasteiger charge is 2.11. The SMILES string of the molecule is CCC(=O)c1ccc(NS(C)(=O)=O)cc1F. The number of nitrogens with one attached hydrogen (secondary N) is 1. The molecule has 0 heterocycles. The molecule has 0 aromatic heterocycles. The van der Waals surface area contributed by atoms with Gasteiger partial charge in [0.25, 0.3) is 0 Å². The lowest BCUT2D eigenvalue weighted by Crippen LogP contribution is -2.10. The Bertz CT molecular complexity index is 511. The van der Waals surface area contributed by atoms with E-state index in [9.17, 15) is 17.6 Å². The number of halogens is 1. The van der Waals surface area contributed by atoms with Gasteiger partial charge in [-0.3, -0.25) is 9.52 Å². The van der Waals surface area contributed by atoms with Crippen LogP contribution in [0.2, 0.25) is 0 Å². The highest BCUT2D eigenvalue weighted by molar-refractivity contribution is 7.92. The van der Waals surface area contributed by atoms with Crippen molar-refractivity contribution in [3.63, 3.8) is 0 Å². The molecule has 6 heteroatoms. The average Bonchev–Trinajstić information content (AvgIpc) is 2.14. The molecule has 0 atom stereocenters. The number of Topliss-reactive ketones (excluding diaryl/α,β-unsaturated/α-hetero) is 1. The molecule has 16 heavy (non-hydrogen) atoms. The quantitative estimate of drug-likeness (QED) is 0.822. The Morgan fingerprint density at radius 1 is 1.44 bits per heavy atom. The molecule has 0 aliphatic heterocycles. The molecule has 1 N–H and O–H groups in total. The molecule has 4 nitrogen and oxygen atoms in total. The number of carbonyl (C=O) groups excluding carboxylic acids is 1. The van der Waals surface area contributed by atoms with Gasteiger partial charge in [0.15, 0.2) is 5.78 Å². The summed E-state index contributed by atoms with van der Waals surface area (Å²) in [4.78, 5) is 11.3. The molecule has 0 amide bonds. The van der Waals surface area contributed by atoms with Gasteiger partial charge in [0.2, 0.25) is 10.0 Å². The Morgan fingerprint density at radius 3 is 2.50 bits per heavy atom. The highest BCUT2D eigenvalue weighted by atomic mass is 32.2. The van der Waals surface area contributed by atoms with Crippen LogP contribution in [-0.2, 0) is 10.0 Å². The summed E-state index contributed by atoms with van der Waals surface area (Å²) in [5.41, 5.74) is 0.0780. The Labute approximate surface area is 93.5 Å². The van der Waals surface area contributed by atoms with E-state index in [1.807, 2.05) is 0 Å². The maximum atomic E-state index is 13.4. The molecule has 1 aromatic carbocycles. The van der Waals surface area contributed by atoms with E-state index in [1.54, 1.807) is 6.92 Å². The summed E-state index contributed by atoms with van der Waals surface area (Å²) >= 11 is 0. The van der Waals surface area contributed by atoms with Gasteiger partial charge in [-0.25, -0.2) is 12.8 Å². The van der Waals surface area contributed by atoms with Crippen LogP contribution in [0.4, 0.5) is 10.1 Å². The molecule has 0 bridgehead atoms. The number of ketones is 1. The molecule has 0 saturated heterocycles. The number of rotatable bonds is 4. The van der Waals surface area contributed by atoms with E-state index in [0.29, 0.717) is 0 Å². The van der Waals surface area contributed by atoms with E-state index >= 15 is 0 Å². The lowest BCUT2D eigenvalue weighted by atomic mass is 10.1. The van der Waals surface area contributed by atoms with Crippen molar-refractivity contribution >= 4 is 21.5 Å². The van der Waals surface area contributed by atoms with Crippen LogP contribution in [-0.4, -0.2) is 20.5 Å². The number of hydrogen-bond acceptors (Lipinski definition) is 3. The zero-order valence-corrected chi connectivity index (χ0v) is 9.77. The zero-order chi connectivity index (χ0) is 12.3. The first-order chi connectivity index (χ1) is 7.33. The third-order valence-corrected chi connectivity index (χ3v) is 2.50. The fourth-order valence-electron chi connectivity index (χ4n) is 1.21. The summed E-state index contributed by atoms with van der Waals surface area (Å²) in [5, 5.41) is 0. The topological polar surface area (TPSA) is 63.2 Å². The van der Waals surface area contributed by atoms with E-state index in [2.05, 4.69) is 4.72 Å². The van der Waals surface area contributed by atoms with Crippen LogP contribution in [0.25, 0.3) is 0 Å². The van der Waals surface area contributed by atoms with Crippen molar-refractivity contribution in [2.75, 3.05) is 11.0 Å². The van der Waals surface area contributed by atoms with Crippen LogP contribution in [0.5, 0.6) is 0 Å². The maximum Gasteiger partial charge on any atom is 0.229 e. The van der Waals surface area contributed by atoms with Crippen molar-refractivity contribution in [2.24, 2.45) is 0 Å². The lowest BCUT2D eigenvalue weighted by molar-refractivity contribution is 0.0984. The zero-order valence-electron chi connectivity index (χ0n) is 8.95. The van der Waals surface area contributed by atoms with Gasteiger partial charge in [0.05, 0.1) is 17.5 Å². The Kier molecular flexibility index (Phi) is 3.64. The summed E-state index contributed by atoms with van der Waals surface area (Å²) in [6, 6.07) is 3.62. The molecular weight excluding hydrogens is 233 g/mol. The largest absolute Gasteiger partial charge is 0.294 e. The van der Waals surface area contributed by atoms with E-state index in [1.165, 1.54) is 12.1 Å². The van der Waals surface area contributed by atoms with Gasteiger partial charge in [-0.05, 0) is 18.2 Å². The van der Waals surface area contributed by atoms with E-state index in [0.717, 1.165) is 12.3 Å². The first-order valence-electron chi connectivity index (χ1n) is 4.64. The van der Waals surface area contributed by atoms with Crippen molar-refractivity contribution in [2.45, 2.75) is 13.3 Å². The maximum absolute atomic E-state index is 13.4. The third-order valence-electron chi connectivity index (χ3n) is 1.89. The lowest BCUT2D eigenvalue weighted by Gasteiger charge is -2.05. The minimum atomic E-state index is -3.43. The summed E-state index contributed by atoms with van der Waals surface area (Å²) in [7, 11) is -3.43. The molecule has 0 spiro atoms. The molecule has 0 fully saturated rings. The molecule has 0 saturated carbocycles. The van der Waals surface area contributed by atoms with Crippen molar-refractivity contribution in [3.05, 3.63) is 29.6 Å². The normalized spacial score (nSPS) is 11.2.